The summed E-state index contributed by atoms with van der Waals surface area (Å²) in [5.41, 5.74) is 10.3. The third kappa shape index (κ3) is 3.35. The summed E-state index contributed by atoms with van der Waals surface area (Å²) in [7, 11) is 0. The first-order chi connectivity index (χ1) is 16.1. The summed E-state index contributed by atoms with van der Waals surface area (Å²) in [6, 6.07) is 11.7. The van der Waals surface area contributed by atoms with E-state index in [2.05, 4.69) is 41.4 Å². The minimum absolute atomic E-state index is 0.281. The molecule has 0 spiro atoms. The molecule has 1 saturated heterocycles. The van der Waals surface area contributed by atoms with Gasteiger partial charge in [0.05, 0.1) is 47.6 Å². The van der Waals surface area contributed by atoms with E-state index in [0.717, 1.165) is 27.8 Å². The zero-order chi connectivity index (χ0) is 22.5. The second-order valence-corrected chi connectivity index (χ2v) is 8.76. The number of H-pyrrole nitrogens is 2. The fraction of sp³-hybridized carbons (Fsp3) is 0.130. The van der Waals surface area contributed by atoms with Crippen LogP contribution < -0.4 is 16.6 Å². The van der Waals surface area contributed by atoms with Crippen molar-refractivity contribution in [1.82, 2.24) is 25.1 Å². The molecule has 0 atom stereocenters. The standard InChI is InChI=1S/C23H18BrN7O2/c24-16-6-14(13-2-1-3-17-15(13)8-27-31-17)20(25)19-21(16)29-22(30-23(19)32)11-4-5-18(26-7-11)28-12-9-33-10-12/h1-8,12H,9-10,25H2,(H,26,28)(H,27,31)(H,29,30,32). The Labute approximate surface area is 195 Å². The number of benzene rings is 2. The summed E-state index contributed by atoms with van der Waals surface area (Å²) in [4.78, 5) is 25.1. The lowest BCUT2D eigenvalue weighted by atomic mass is 9.98. The van der Waals surface area contributed by atoms with Crippen molar-refractivity contribution < 1.29 is 4.74 Å². The predicted molar refractivity (Wildman–Crippen MR) is 131 cm³/mol. The summed E-state index contributed by atoms with van der Waals surface area (Å²) in [6.07, 6.45) is 3.43. The number of ether oxygens (including phenoxy) is 1. The van der Waals surface area contributed by atoms with Crippen LogP contribution in [0.4, 0.5) is 11.5 Å². The van der Waals surface area contributed by atoms with E-state index >= 15 is 0 Å². The fourth-order valence-electron chi connectivity index (χ4n) is 4.01. The first kappa shape index (κ1) is 19.9. The zero-order valence-electron chi connectivity index (χ0n) is 17.2. The number of nitrogens with zero attached hydrogens (tertiary/aromatic N) is 3. The molecule has 5 N–H and O–H groups in total. The molecule has 1 fully saturated rings. The van der Waals surface area contributed by atoms with Crippen LogP contribution in [0.2, 0.25) is 0 Å². The van der Waals surface area contributed by atoms with E-state index in [4.69, 9.17) is 15.5 Å². The molecule has 1 aliphatic rings. The number of hydrogen-bond donors (Lipinski definition) is 4. The van der Waals surface area contributed by atoms with Gasteiger partial charge in [0.15, 0.2) is 0 Å². The lowest BCUT2D eigenvalue weighted by Gasteiger charge is -2.27. The van der Waals surface area contributed by atoms with Crippen molar-refractivity contribution in [3.8, 4) is 22.5 Å². The molecule has 1 aliphatic heterocycles. The molecular weight excluding hydrogens is 486 g/mol. The summed E-state index contributed by atoms with van der Waals surface area (Å²) in [6.45, 7) is 1.35. The van der Waals surface area contributed by atoms with Crippen molar-refractivity contribution in [2.24, 2.45) is 0 Å². The van der Waals surface area contributed by atoms with E-state index in [0.29, 0.717) is 45.7 Å². The quantitative estimate of drug-likeness (QED) is 0.274. The second-order valence-electron chi connectivity index (χ2n) is 7.91. The molecule has 164 valence electrons. The monoisotopic (exact) mass is 503 g/mol. The molecule has 0 bridgehead atoms. The van der Waals surface area contributed by atoms with Crippen molar-refractivity contribution in [3.05, 3.63) is 63.6 Å². The molecular formula is C23H18BrN7O2. The van der Waals surface area contributed by atoms with Gasteiger partial charge < -0.3 is 20.8 Å². The van der Waals surface area contributed by atoms with Crippen LogP contribution in [-0.2, 0) is 4.74 Å². The van der Waals surface area contributed by atoms with Crippen LogP contribution in [0.3, 0.4) is 0 Å². The Balaban J connectivity index is 1.45. The number of rotatable bonds is 4. The minimum Gasteiger partial charge on any atom is -0.398 e. The van der Waals surface area contributed by atoms with Gasteiger partial charge in [-0.15, -0.1) is 0 Å². The zero-order valence-corrected chi connectivity index (χ0v) is 18.8. The highest BCUT2D eigenvalue weighted by Crippen LogP contribution is 2.38. The van der Waals surface area contributed by atoms with Crippen LogP contribution in [0, 0.1) is 0 Å². The highest BCUT2D eigenvalue weighted by atomic mass is 79.9. The number of hydrogen-bond acceptors (Lipinski definition) is 7. The summed E-state index contributed by atoms with van der Waals surface area (Å²) in [5, 5.41) is 11.6. The molecule has 2 aromatic carbocycles. The Bertz CT molecular complexity index is 1570. The van der Waals surface area contributed by atoms with Crippen LogP contribution in [0.15, 0.2) is 58.1 Å². The lowest BCUT2D eigenvalue weighted by Crippen LogP contribution is -2.40. The van der Waals surface area contributed by atoms with Gasteiger partial charge in [0.1, 0.15) is 11.6 Å². The van der Waals surface area contributed by atoms with Crippen molar-refractivity contribution in [3.63, 3.8) is 0 Å². The molecule has 33 heavy (non-hydrogen) atoms. The molecule has 10 heteroatoms. The molecule has 9 nitrogen and oxygen atoms in total. The fourth-order valence-corrected chi connectivity index (χ4v) is 4.53. The summed E-state index contributed by atoms with van der Waals surface area (Å²) >= 11 is 3.60. The SMILES string of the molecule is Nc1c(-c2cccc3[nH]ncc23)cc(Br)c2nc(-c3ccc(NC4COC4)nc3)[nH]c(=O)c12. The van der Waals surface area contributed by atoms with Gasteiger partial charge in [-0.3, -0.25) is 9.89 Å². The van der Waals surface area contributed by atoms with Crippen LogP contribution >= 0.6 is 15.9 Å². The molecule has 0 aliphatic carbocycles. The van der Waals surface area contributed by atoms with Crippen molar-refractivity contribution in [2.75, 3.05) is 24.3 Å². The Morgan fingerprint density at radius 2 is 2.03 bits per heavy atom. The van der Waals surface area contributed by atoms with E-state index in [-0.39, 0.29) is 11.6 Å². The first-order valence-electron chi connectivity index (χ1n) is 10.3. The van der Waals surface area contributed by atoms with Gasteiger partial charge in [-0.2, -0.15) is 5.10 Å². The molecule has 0 amide bonds. The van der Waals surface area contributed by atoms with Crippen molar-refractivity contribution in [2.45, 2.75) is 6.04 Å². The average Bonchev–Trinajstić information content (AvgIpc) is 3.28. The van der Waals surface area contributed by atoms with Crippen molar-refractivity contribution >= 4 is 49.2 Å². The minimum atomic E-state index is -0.316. The van der Waals surface area contributed by atoms with Crippen LogP contribution in [-0.4, -0.2) is 44.4 Å². The number of anilines is 2. The number of aromatic nitrogens is 5. The molecule has 3 aromatic heterocycles. The van der Waals surface area contributed by atoms with Gasteiger partial charge in [-0.1, -0.05) is 12.1 Å². The molecule has 0 unspecified atom stereocenters. The Kier molecular flexibility index (Phi) is 4.63. The number of nitrogens with two attached hydrogens (primary N) is 1. The van der Waals surface area contributed by atoms with Gasteiger partial charge in [0.2, 0.25) is 0 Å². The normalized spacial score (nSPS) is 14.0. The number of nitrogens with one attached hydrogen (secondary N) is 3. The molecule has 0 saturated carbocycles. The number of fused-ring (bicyclic) bond motifs is 2. The topological polar surface area (TPSA) is 135 Å². The largest absolute Gasteiger partial charge is 0.398 e. The smallest absolute Gasteiger partial charge is 0.261 e. The van der Waals surface area contributed by atoms with Crippen LogP contribution in [0.5, 0.6) is 0 Å². The van der Waals surface area contributed by atoms with Crippen molar-refractivity contribution in [1.29, 1.82) is 0 Å². The number of pyridine rings is 1. The molecule has 4 heterocycles. The van der Waals surface area contributed by atoms with Crippen LogP contribution in [0.25, 0.3) is 44.3 Å². The van der Waals surface area contributed by atoms with Gasteiger partial charge in [-0.05, 0) is 45.8 Å². The lowest BCUT2D eigenvalue weighted by molar-refractivity contribution is 0.0209. The summed E-state index contributed by atoms with van der Waals surface area (Å²) < 4.78 is 5.84. The molecule has 6 rings (SSSR count). The third-order valence-corrected chi connectivity index (χ3v) is 6.38. The Morgan fingerprint density at radius 3 is 2.79 bits per heavy atom. The average molecular weight is 504 g/mol. The number of nitrogen functional groups attached to an aromatic ring is 1. The Hall–Kier alpha value is -3.76. The van der Waals surface area contributed by atoms with E-state index < -0.39 is 0 Å². The second kappa shape index (κ2) is 7.68. The van der Waals surface area contributed by atoms with Gasteiger partial charge in [0.25, 0.3) is 5.56 Å². The maximum absolute atomic E-state index is 13.1. The predicted octanol–water partition coefficient (Wildman–Crippen LogP) is 3.68. The van der Waals surface area contributed by atoms with E-state index in [1.54, 1.807) is 12.4 Å². The summed E-state index contributed by atoms with van der Waals surface area (Å²) in [5.74, 6) is 1.17. The maximum Gasteiger partial charge on any atom is 0.261 e. The first-order valence-corrected chi connectivity index (χ1v) is 11.1. The van der Waals surface area contributed by atoms with E-state index in [1.165, 1.54) is 0 Å². The van der Waals surface area contributed by atoms with Gasteiger partial charge >= 0.3 is 0 Å². The highest BCUT2D eigenvalue weighted by molar-refractivity contribution is 9.10. The maximum atomic E-state index is 13.1. The Morgan fingerprint density at radius 1 is 1.15 bits per heavy atom. The molecule has 5 aromatic rings. The van der Waals surface area contributed by atoms with E-state index in [1.807, 2.05) is 36.4 Å². The van der Waals surface area contributed by atoms with Crippen LogP contribution in [0.1, 0.15) is 0 Å². The van der Waals surface area contributed by atoms with E-state index in [9.17, 15) is 4.79 Å². The highest BCUT2D eigenvalue weighted by Gasteiger charge is 2.19. The van der Waals surface area contributed by atoms with Gasteiger partial charge in [-0.25, -0.2) is 9.97 Å². The number of halogens is 1. The van der Waals surface area contributed by atoms with Gasteiger partial charge in [0, 0.05) is 27.2 Å². The molecule has 0 radical (unpaired) electrons. The number of aromatic amines is 2. The third-order valence-electron chi connectivity index (χ3n) is 5.78.